The second-order valence-electron chi connectivity index (χ2n) is 6.20. The van der Waals surface area contributed by atoms with Crippen LogP contribution in [0.2, 0.25) is 0 Å². The van der Waals surface area contributed by atoms with Crippen LogP contribution in [0.3, 0.4) is 0 Å². The lowest BCUT2D eigenvalue weighted by Crippen LogP contribution is -2.38. The van der Waals surface area contributed by atoms with E-state index < -0.39 is 11.6 Å². The molecule has 5 nitrogen and oxygen atoms in total. The number of rotatable bonds is 7. The summed E-state index contributed by atoms with van der Waals surface area (Å²) in [6.45, 7) is 6.54. The van der Waals surface area contributed by atoms with Gasteiger partial charge in [-0.05, 0) is 37.5 Å². The third kappa shape index (κ3) is 6.44. The third-order valence-corrected chi connectivity index (χ3v) is 4.43. The van der Waals surface area contributed by atoms with Crippen molar-refractivity contribution < 1.29 is 13.3 Å². The predicted octanol–water partition coefficient (Wildman–Crippen LogP) is 4.90. The summed E-state index contributed by atoms with van der Waals surface area (Å²) in [6.07, 6.45) is 2.04. The van der Waals surface area contributed by atoms with Gasteiger partial charge in [0.2, 0.25) is 0 Å². The lowest BCUT2D eigenvalue weighted by Gasteiger charge is -2.18. The van der Waals surface area contributed by atoms with Crippen molar-refractivity contribution in [3.8, 4) is 0 Å². The van der Waals surface area contributed by atoms with Crippen LogP contribution < -0.4 is 10.6 Å². The molecule has 0 fully saturated rings. The molecule has 0 aliphatic carbocycles. The molecule has 0 aliphatic rings. The second-order valence-corrected chi connectivity index (χ2v) is 6.20. The highest BCUT2D eigenvalue weighted by atomic mass is 127. The van der Waals surface area contributed by atoms with Gasteiger partial charge in [-0.15, -0.1) is 24.0 Å². The Morgan fingerprint density at radius 3 is 2.48 bits per heavy atom. The Balaban J connectivity index is 0.00000364. The van der Waals surface area contributed by atoms with E-state index in [2.05, 4.69) is 34.6 Å². The van der Waals surface area contributed by atoms with Crippen LogP contribution in [0, 0.1) is 11.6 Å². The number of nitrogens with zero attached hydrogens (tertiary/aromatic N) is 2. The molecule has 1 aromatic carbocycles. The molecule has 2 aromatic rings. The molecule has 0 amide bonds. The van der Waals surface area contributed by atoms with Gasteiger partial charge in [0.15, 0.2) is 23.4 Å². The topological polar surface area (TPSA) is 62.5 Å². The maximum atomic E-state index is 13.4. The molecule has 8 heteroatoms. The molecule has 1 unspecified atom stereocenters. The Hall–Kier alpha value is -1.71. The van der Waals surface area contributed by atoms with Gasteiger partial charge in [-0.25, -0.2) is 8.78 Å². The van der Waals surface area contributed by atoms with E-state index in [-0.39, 0.29) is 30.0 Å². The molecule has 1 atom stereocenters. The van der Waals surface area contributed by atoms with Crippen LogP contribution in [0.5, 0.6) is 0 Å². The van der Waals surface area contributed by atoms with Crippen molar-refractivity contribution in [2.75, 3.05) is 7.05 Å². The van der Waals surface area contributed by atoms with Crippen LogP contribution in [-0.2, 0) is 6.54 Å². The van der Waals surface area contributed by atoms with E-state index in [0.29, 0.717) is 24.0 Å². The minimum absolute atomic E-state index is 0. The SMILES string of the molecule is CCC(CC)c1cc(CNC(=NC)NC(C)c2ccc(F)c(F)c2)on1.I. The maximum absolute atomic E-state index is 13.4. The van der Waals surface area contributed by atoms with Crippen molar-refractivity contribution in [1.29, 1.82) is 0 Å². The number of aliphatic imine (C=N–C) groups is 1. The van der Waals surface area contributed by atoms with Crippen molar-refractivity contribution in [3.63, 3.8) is 0 Å². The molecule has 0 spiro atoms. The molecular weight excluding hydrogens is 465 g/mol. The quantitative estimate of drug-likeness (QED) is 0.328. The fraction of sp³-hybridized carbons (Fsp3) is 0.474. The molecule has 150 valence electrons. The minimum atomic E-state index is -0.866. The average molecular weight is 492 g/mol. The summed E-state index contributed by atoms with van der Waals surface area (Å²) < 4.78 is 31.8. The first-order valence-corrected chi connectivity index (χ1v) is 8.86. The summed E-state index contributed by atoms with van der Waals surface area (Å²) in [5.41, 5.74) is 1.59. The van der Waals surface area contributed by atoms with E-state index in [4.69, 9.17) is 4.52 Å². The zero-order chi connectivity index (χ0) is 19.1. The fourth-order valence-electron chi connectivity index (χ4n) is 2.75. The van der Waals surface area contributed by atoms with E-state index in [9.17, 15) is 8.78 Å². The Bertz CT molecular complexity index is 747. The van der Waals surface area contributed by atoms with E-state index in [0.717, 1.165) is 30.4 Å². The molecular formula is C19H27F2IN4O. The summed E-state index contributed by atoms with van der Waals surface area (Å²) in [4.78, 5) is 4.15. The highest BCUT2D eigenvalue weighted by Gasteiger charge is 2.14. The Morgan fingerprint density at radius 2 is 1.89 bits per heavy atom. The number of aromatic nitrogens is 1. The van der Waals surface area contributed by atoms with E-state index in [1.807, 2.05) is 13.0 Å². The van der Waals surface area contributed by atoms with Gasteiger partial charge in [0.25, 0.3) is 0 Å². The van der Waals surface area contributed by atoms with Crippen molar-refractivity contribution in [1.82, 2.24) is 15.8 Å². The molecule has 1 aromatic heterocycles. The first-order chi connectivity index (χ1) is 12.5. The Labute approximate surface area is 176 Å². The number of benzene rings is 1. The van der Waals surface area contributed by atoms with Crippen molar-refractivity contribution in [2.45, 2.75) is 52.1 Å². The largest absolute Gasteiger partial charge is 0.359 e. The Kier molecular flexibility index (Phi) is 9.68. The van der Waals surface area contributed by atoms with Gasteiger partial charge in [0, 0.05) is 19.0 Å². The van der Waals surface area contributed by atoms with Gasteiger partial charge in [0.1, 0.15) is 0 Å². The molecule has 0 radical (unpaired) electrons. The first-order valence-electron chi connectivity index (χ1n) is 8.86. The summed E-state index contributed by atoms with van der Waals surface area (Å²) in [5.74, 6) is -0.0758. The van der Waals surface area contributed by atoms with Gasteiger partial charge in [-0.1, -0.05) is 25.1 Å². The lowest BCUT2D eigenvalue weighted by molar-refractivity contribution is 0.368. The standard InChI is InChI=1S/C19H26F2N4O.HI/c1-5-13(6-2)18-10-15(26-25-18)11-23-19(22-4)24-12(3)14-7-8-16(20)17(21)9-14;/h7-10,12-13H,5-6,11H2,1-4H3,(H2,22,23,24);1H. The average Bonchev–Trinajstić information content (AvgIpc) is 3.10. The summed E-state index contributed by atoms with van der Waals surface area (Å²) in [5, 5.41) is 10.4. The van der Waals surface area contributed by atoms with Crippen LogP contribution in [0.1, 0.15) is 62.6 Å². The highest BCUT2D eigenvalue weighted by Crippen LogP contribution is 2.22. The van der Waals surface area contributed by atoms with Crippen LogP contribution in [-0.4, -0.2) is 18.2 Å². The van der Waals surface area contributed by atoms with Crippen LogP contribution in [0.4, 0.5) is 8.78 Å². The summed E-state index contributed by atoms with van der Waals surface area (Å²) in [7, 11) is 1.64. The van der Waals surface area contributed by atoms with Gasteiger partial charge in [-0.3, -0.25) is 4.99 Å². The van der Waals surface area contributed by atoms with Crippen LogP contribution in [0.15, 0.2) is 33.8 Å². The van der Waals surface area contributed by atoms with Crippen LogP contribution in [0.25, 0.3) is 0 Å². The van der Waals surface area contributed by atoms with Crippen molar-refractivity contribution >= 4 is 29.9 Å². The van der Waals surface area contributed by atoms with Crippen LogP contribution >= 0.6 is 24.0 Å². The summed E-state index contributed by atoms with van der Waals surface area (Å²) in [6, 6.07) is 5.55. The van der Waals surface area contributed by atoms with Crippen molar-refractivity contribution in [3.05, 3.63) is 52.9 Å². The number of halogens is 3. The Morgan fingerprint density at radius 1 is 1.19 bits per heavy atom. The number of nitrogens with one attached hydrogen (secondary N) is 2. The minimum Gasteiger partial charge on any atom is -0.359 e. The number of guanidine groups is 1. The monoisotopic (exact) mass is 492 g/mol. The van der Waals surface area contributed by atoms with Gasteiger partial charge in [-0.2, -0.15) is 0 Å². The smallest absolute Gasteiger partial charge is 0.191 e. The molecule has 2 rings (SSSR count). The van der Waals surface area contributed by atoms with Gasteiger partial charge >= 0.3 is 0 Å². The van der Waals surface area contributed by atoms with E-state index in [1.54, 1.807) is 13.1 Å². The normalized spacial score (nSPS) is 12.6. The molecule has 0 saturated heterocycles. The van der Waals surface area contributed by atoms with Crippen molar-refractivity contribution in [2.24, 2.45) is 4.99 Å². The maximum Gasteiger partial charge on any atom is 0.191 e. The zero-order valence-electron chi connectivity index (χ0n) is 16.1. The number of hydrogen-bond acceptors (Lipinski definition) is 3. The van der Waals surface area contributed by atoms with E-state index in [1.165, 1.54) is 6.07 Å². The molecule has 0 saturated carbocycles. The van der Waals surface area contributed by atoms with Gasteiger partial charge in [0.05, 0.1) is 18.3 Å². The molecule has 2 N–H and O–H groups in total. The second kappa shape index (κ2) is 11.2. The fourth-order valence-corrected chi connectivity index (χ4v) is 2.75. The van der Waals surface area contributed by atoms with E-state index >= 15 is 0 Å². The first kappa shape index (κ1) is 23.3. The number of hydrogen-bond donors (Lipinski definition) is 2. The lowest BCUT2D eigenvalue weighted by atomic mass is 9.99. The summed E-state index contributed by atoms with van der Waals surface area (Å²) >= 11 is 0. The molecule has 1 heterocycles. The van der Waals surface area contributed by atoms with Gasteiger partial charge < -0.3 is 15.2 Å². The zero-order valence-corrected chi connectivity index (χ0v) is 18.4. The molecule has 0 aliphatic heterocycles. The highest BCUT2D eigenvalue weighted by molar-refractivity contribution is 14.0. The third-order valence-electron chi connectivity index (χ3n) is 4.43. The molecule has 27 heavy (non-hydrogen) atoms. The molecule has 0 bridgehead atoms. The predicted molar refractivity (Wildman–Crippen MR) is 113 cm³/mol.